The van der Waals surface area contributed by atoms with Crippen LogP contribution in [0, 0.1) is 0 Å². The van der Waals surface area contributed by atoms with Crippen molar-refractivity contribution in [2.24, 2.45) is 0 Å². The molecule has 0 aliphatic heterocycles. The molecule has 0 N–H and O–H groups in total. The maximum absolute atomic E-state index is 6.11. The zero-order chi connectivity index (χ0) is 14.1. The van der Waals surface area contributed by atoms with Crippen LogP contribution >= 0.6 is 38.9 Å². The van der Waals surface area contributed by atoms with Gasteiger partial charge in [0.1, 0.15) is 5.75 Å². The van der Waals surface area contributed by atoms with Crippen molar-refractivity contribution in [2.45, 2.75) is 4.83 Å². The largest absolute Gasteiger partial charge is 0.496 e. The first-order chi connectivity index (χ1) is 9.69. The third-order valence-electron chi connectivity index (χ3n) is 3.16. The van der Waals surface area contributed by atoms with Crippen LogP contribution in [0.15, 0.2) is 48.5 Å². The molecule has 0 amide bonds. The highest BCUT2D eigenvalue weighted by Gasteiger charge is 2.18. The monoisotopic (exact) mass is 366 g/mol. The summed E-state index contributed by atoms with van der Waals surface area (Å²) >= 11 is 11.7. The van der Waals surface area contributed by atoms with Crippen molar-refractivity contribution in [2.75, 3.05) is 7.11 Å². The van der Waals surface area contributed by atoms with E-state index in [4.69, 9.17) is 16.3 Å². The lowest BCUT2D eigenvalue weighted by Crippen LogP contribution is -1.95. The number of rotatable bonds is 3. The molecule has 4 heteroatoms. The van der Waals surface area contributed by atoms with E-state index < -0.39 is 0 Å². The fourth-order valence-electron chi connectivity index (χ4n) is 2.18. The van der Waals surface area contributed by atoms with Gasteiger partial charge in [0.2, 0.25) is 0 Å². The van der Waals surface area contributed by atoms with Gasteiger partial charge in [-0.15, -0.1) is 11.3 Å². The SMILES string of the molecule is COc1ccc(Cl)cc1C(Br)c1cc2ccccc2s1. The summed E-state index contributed by atoms with van der Waals surface area (Å²) < 4.78 is 6.72. The van der Waals surface area contributed by atoms with Gasteiger partial charge < -0.3 is 4.74 Å². The lowest BCUT2D eigenvalue weighted by Gasteiger charge is -2.13. The third-order valence-corrected chi connectivity index (χ3v) is 5.86. The Morgan fingerprint density at radius 1 is 1.15 bits per heavy atom. The van der Waals surface area contributed by atoms with E-state index in [1.807, 2.05) is 18.2 Å². The van der Waals surface area contributed by atoms with Crippen molar-refractivity contribution >= 4 is 49.0 Å². The molecule has 0 bridgehead atoms. The second-order valence-electron chi connectivity index (χ2n) is 4.44. The highest BCUT2D eigenvalue weighted by Crippen LogP contribution is 2.42. The topological polar surface area (TPSA) is 9.23 Å². The summed E-state index contributed by atoms with van der Waals surface area (Å²) in [6.07, 6.45) is 0. The van der Waals surface area contributed by atoms with E-state index in [2.05, 4.69) is 46.3 Å². The van der Waals surface area contributed by atoms with Gasteiger partial charge in [0.05, 0.1) is 11.9 Å². The van der Waals surface area contributed by atoms with Crippen molar-refractivity contribution < 1.29 is 4.74 Å². The van der Waals surface area contributed by atoms with Gasteiger partial charge in [-0.1, -0.05) is 45.7 Å². The van der Waals surface area contributed by atoms with Crippen LogP contribution in [-0.4, -0.2) is 7.11 Å². The molecule has 1 heterocycles. The molecule has 0 radical (unpaired) electrons. The Morgan fingerprint density at radius 2 is 1.95 bits per heavy atom. The minimum Gasteiger partial charge on any atom is -0.496 e. The molecule has 0 fully saturated rings. The number of methoxy groups -OCH3 is 1. The van der Waals surface area contributed by atoms with Crippen molar-refractivity contribution in [1.29, 1.82) is 0 Å². The second-order valence-corrected chi connectivity index (χ2v) is 6.90. The summed E-state index contributed by atoms with van der Waals surface area (Å²) in [5, 5.41) is 1.98. The smallest absolute Gasteiger partial charge is 0.123 e. The number of ether oxygens (including phenoxy) is 1. The first-order valence-corrected chi connectivity index (χ1v) is 8.26. The van der Waals surface area contributed by atoms with E-state index >= 15 is 0 Å². The molecule has 3 aromatic rings. The van der Waals surface area contributed by atoms with E-state index in [0.29, 0.717) is 5.02 Å². The Balaban J connectivity index is 2.07. The Hall–Kier alpha value is -1.03. The van der Waals surface area contributed by atoms with Gasteiger partial charge in [0.15, 0.2) is 0 Å². The summed E-state index contributed by atoms with van der Waals surface area (Å²) in [5.41, 5.74) is 1.05. The highest BCUT2D eigenvalue weighted by molar-refractivity contribution is 9.09. The number of hydrogen-bond donors (Lipinski definition) is 0. The second kappa shape index (κ2) is 5.76. The molecule has 3 rings (SSSR count). The van der Waals surface area contributed by atoms with Crippen LogP contribution < -0.4 is 4.74 Å². The van der Waals surface area contributed by atoms with Crippen molar-refractivity contribution in [3.05, 3.63) is 64.0 Å². The summed E-state index contributed by atoms with van der Waals surface area (Å²) in [4.78, 5) is 1.32. The first kappa shape index (κ1) is 13.9. The van der Waals surface area contributed by atoms with Crippen molar-refractivity contribution in [3.63, 3.8) is 0 Å². The minimum atomic E-state index is 0.0774. The molecule has 1 atom stereocenters. The van der Waals surface area contributed by atoms with Crippen LogP contribution in [0.25, 0.3) is 10.1 Å². The fourth-order valence-corrected chi connectivity index (χ4v) is 4.20. The van der Waals surface area contributed by atoms with Crippen molar-refractivity contribution in [1.82, 2.24) is 0 Å². The normalized spacial score (nSPS) is 12.6. The molecule has 0 aliphatic rings. The van der Waals surface area contributed by atoms with Crippen molar-refractivity contribution in [3.8, 4) is 5.75 Å². The molecule has 1 unspecified atom stereocenters. The predicted octanol–water partition coefficient (Wildman–Crippen LogP) is 6.05. The summed E-state index contributed by atoms with van der Waals surface area (Å²) in [6, 6.07) is 16.3. The fraction of sp³-hybridized carbons (Fsp3) is 0.125. The standard InChI is InChI=1S/C16H12BrClOS/c1-19-13-7-6-11(18)9-12(13)16(17)15-8-10-4-2-3-5-14(10)20-15/h2-9,16H,1H3. The highest BCUT2D eigenvalue weighted by atomic mass is 79.9. The van der Waals surface area contributed by atoms with Gasteiger partial charge in [0.25, 0.3) is 0 Å². The van der Waals surface area contributed by atoms with Gasteiger partial charge in [-0.2, -0.15) is 0 Å². The lowest BCUT2D eigenvalue weighted by atomic mass is 10.1. The van der Waals surface area contributed by atoms with Crippen LogP contribution in [0.3, 0.4) is 0 Å². The maximum Gasteiger partial charge on any atom is 0.123 e. The average Bonchev–Trinajstić information content (AvgIpc) is 2.90. The average molecular weight is 368 g/mol. The van der Waals surface area contributed by atoms with Crippen LogP contribution in [0.5, 0.6) is 5.75 Å². The zero-order valence-corrected chi connectivity index (χ0v) is 13.9. The zero-order valence-electron chi connectivity index (χ0n) is 10.8. The lowest BCUT2D eigenvalue weighted by molar-refractivity contribution is 0.410. The number of benzene rings is 2. The molecule has 0 saturated heterocycles. The third kappa shape index (κ3) is 2.58. The molecule has 1 nitrogen and oxygen atoms in total. The van der Waals surface area contributed by atoms with Gasteiger partial charge in [-0.3, -0.25) is 0 Å². The van der Waals surface area contributed by atoms with Crippen LogP contribution in [0.4, 0.5) is 0 Å². The number of alkyl halides is 1. The van der Waals surface area contributed by atoms with Gasteiger partial charge in [0, 0.05) is 20.2 Å². The van der Waals surface area contributed by atoms with E-state index in [1.54, 1.807) is 18.4 Å². The van der Waals surface area contributed by atoms with E-state index in [0.717, 1.165) is 11.3 Å². The maximum atomic E-state index is 6.11. The molecule has 0 spiro atoms. The van der Waals surface area contributed by atoms with Gasteiger partial charge >= 0.3 is 0 Å². The van der Waals surface area contributed by atoms with E-state index in [-0.39, 0.29) is 4.83 Å². The molecule has 0 aliphatic carbocycles. The molecule has 0 saturated carbocycles. The van der Waals surface area contributed by atoms with Crippen LogP contribution in [0.1, 0.15) is 15.3 Å². The Labute approximate surface area is 135 Å². The quantitative estimate of drug-likeness (QED) is 0.512. The number of thiophene rings is 1. The molecular formula is C16H12BrClOS. The van der Waals surface area contributed by atoms with E-state index in [1.165, 1.54) is 15.0 Å². The number of fused-ring (bicyclic) bond motifs is 1. The summed E-state index contributed by atoms with van der Waals surface area (Å²) in [6.45, 7) is 0. The number of halogens is 2. The number of hydrogen-bond acceptors (Lipinski definition) is 2. The summed E-state index contributed by atoms with van der Waals surface area (Å²) in [7, 11) is 1.68. The molecular weight excluding hydrogens is 356 g/mol. The van der Waals surface area contributed by atoms with Crippen LogP contribution in [0.2, 0.25) is 5.02 Å². The van der Waals surface area contributed by atoms with Crippen LogP contribution in [-0.2, 0) is 0 Å². The Bertz CT molecular complexity index is 720. The Kier molecular flexibility index (Phi) is 4.01. The molecule has 2 aromatic carbocycles. The predicted molar refractivity (Wildman–Crippen MR) is 90.6 cm³/mol. The molecule has 1 aromatic heterocycles. The molecule has 102 valence electrons. The molecule has 20 heavy (non-hydrogen) atoms. The first-order valence-electron chi connectivity index (χ1n) is 6.15. The minimum absolute atomic E-state index is 0.0774. The van der Waals surface area contributed by atoms with Gasteiger partial charge in [-0.25, -0.2) is 0 Å². The van der Waals surface area contributed by atoms with Gasteiger partial charge in [-0.05, 0) is 35.7 Å². The van der Waals surface area contributed by atoms with E-state index in [9.17, 15) is 0 Å². The Morgan fingerprint density at radius 3 is 2.70 bits per heavy atom. The summed E-state index contributed by atoms with van der Waals surface area (Å²) in [5.74, 6) is 0.841.